The van der Waals surface area contributed by atoms with Gasteiger partial charge in [0, 0.05) is 18.5 Å². The second-order valence-electron chi connectivity index (χ2n) is 5.11. The number of hydrogen-bond acceptors (Lipinski definition) is 5. The molecule has 0 spiro atoms. The van der Waals surface area contributed by atoms with Crippen LogP contribution in [0.1, 0.15) is 16.8 Å². The van der Waals surface area contributed by atoms with Crippen molar-refractivity contribution in [3.63, 3.8) is 0 Å². The number of thioether (sulfide) groups is 1. The van der Waals surface area contributed by atoms with E-state index in [1.165, 1.54) is 11.8 Å². The number of nitrogens with zero attached hydrogens (tertiary/aromatic N) is 2. The number of benzene rings is 1. The number of halogens is 2. The van der Waals surface area contributed by atoms with Crippen molar-refractivity contribution >= 4 is 46.6 Å². The van der Waals surface area contributed by atoms with Gasteiger partial charge in [0.15, 0.2) is 0 Å². The van der Waals surface area contributed by atoms with Gasteiger partial charge in [0.2, 0.25) is 5.91 Å². The maximum atomic E-state index is 12.1. The molecule has 0 fully saturated rings. The first-order valence-corrected chi connectivity index (χ1v) is 8.96. The van der Waals surface area contributed by atoms with Crippen molar-refractivity contribution < 1.29 is 9.53 Å². The number of carbonyl (C=O) groups excluding carboxylic acids is 1. The molecule has 0 aliphatic carbocycles. The number of hydrogen-bond donors (Lipinski definition) is 1. The van der Waals surface area contributed by atoms with E-state index in [1.54, 1.807) is 25.3 Å². The summed E-state index contributed by atoms with van der Waals surface area (Å²) in [5.74, 6) is -0.124. The number of aromatic nitrogens is 1. The molecule has 2 rings (SSSR count). The van der Waals surface area contributed by atoms with Crippen LogP contribution in [0.2, 0.25) is 10.0 Å². The Hall–Kier alpha value is -1.78. The lowest BCUT2D eigenvalue weighted by molar-refractivity contribution is -0.113. The molecule has 1 heterocycles. The van der Waals surface area contributed by atoms with Crippen LogP contribution in [0, 0.1) is 18.3 Å². The Bertz CT molecular complexity index is 837. The standard InChI is InChI=1S/C17H15Cl2N3O2S/c1-10-5-11(8-24-2)13(7-20)17(21-10)25-9-16(23)22-12-3-4-14(18)15(19)6-12/h3-6H,8-9H2,1-2H3,(H,22,23). The lowest BCUT2D eigenvalue weighted by atomic mass is 10.1. The minimum Gasteiger partial charge on any atom is -0.380 e. The number of carbonyl (C=O) groups is 1. The van der Waals surface area contributed by atoms with Gasteiger partial charge in [-0.2, -0.15) is 5.26 Å². The first-order valence-electron chi connectivity index (χ1n) is 7.22. The van der Waals surface area contributed by atoms with Crippen LogP contribution >= 0.6 is 35.0 Å². The molecule has 1 amide bonds. The third-order valence-corrected chi connectivity index (χ3v) is 4.87. The van der Waals surface area contributed by atoms with Crippen LogP contribution in [-0.2, 0) is 16.1 Å². The Morgan fingerprint density at radius 3 is 2.76 bits per heavy atom. The van der Waals surface area contributed by atoms with Gasteiger partial charge < -0.3 is 10.1 Å². The fraction of sp³-hybridized carbons (Fsp3) is 0.235. The predicted octanol–water partition coefficient (Wildman–Crippen LogP) is 4.45. The average molecular weight is 396 g/mol. The van der Waals surface area contributed by atoms with E-state index in [-0.39, 0.29) is 11.7 Å². The topological polar surface area (TPSA) is 75.0 Å². The highest BCUT2D eigenvalue weighted by molar-refractivity contribution is 8.00. The van der Waals surface area contributed by atoms with Crippen LogP contribution in [0.5, 0.6) is 0 Å². The molecule has 1 aromatic heterocycles. The third-order valence-electron chi connectivity index (χ3n) is 3.15. The van der Waals surface area contributed by atoms with Crippen LogP contribution in [0.4, 0.5) is 5.69 Å². The van der Waals surface area contributed by atoms with Crippen molar-refractivity contribution in [2.45, 2.75) is 18.6 Å². The number of methoxy groups -OCH3 is 1. The number of amides is 1. The van der Waals surface area contributed by atoms with Crippen molar-refractivity contribution in [2.24, 2.45) is 0 Å². The number of rotatable bonds is 6. The summed E-state index contributed by atoms with van der Waals surface area (Å²) in [5.41, 5.74) is 2.50. The van der Waals surface area contributed by atoms with Crippen LogP contribution in [0.25, 0.3) is 0 Å². The van der Waals surface area contributed by atoms with Crippen molar-refractivity contribution in [3.05, 3.63) is 51.1 Å². The third kappa shape index (κ3) is 5.35. The zero-order valence-corrected chi connectivity index (χ0v) is 15.9. The fourth-order valence-electron chi connectivity index (χ4n) is 2.11. The first kappa shape index (κ1) is 19.5. The number of nitriles is 1. The van der Waals surface area contributed by atoms with E-state index in [9.17, 15) is 10.1 Å². The predicted molar refractivity (Wildman–Crippen MR) is 100 cm³/mol. The van der Waals surface area contributed by atoms with E-state index in [1.807, 2.05) is 13.0 Å². The summed E-state index contributed by atoms with van der Waals surface area (Å²) in [7, 11) is 1.56. The van der Waals surface area contributed by atoms with Gasteiger partial charge in [-0.25, -0.2) is 4.98 Å². The highest BCUT2D eigenvalue weighted by Gasteiger charge is 2.14. The SMILES string of the molecule is COCc1cc(C)nc(SCC(=O)Nc2ccc(Cl)c(Cl)c2)c1C#N. The van der Waals surface area contributed by atoms with Gasteiger partial charge in [0.25, 0.3) is 0 Å². The van der Waals surface area contributed by atoms with Crippen molar-refractivity contribution in [1.82, 2.24) is 4.98 Å². The van der Waals surface area contributed by atoms with Crippen molar-refractivity contribution in [2.75, 3.05) is 18.2 Å². The largest absolute Gasteiger partial charge is 0.380 e. The van der Waals surface area contributed by atoms with E-state index >= 15 is 0 Å². The summed E-state index contributed by atoms with van der Waals surface area (Å²) >= 11 is 13.0. The van der Waals surface area contributed by atoms with E-state index in [4.69, 9.17) is 27.9 Å². The summed E-state index contributed by atoms with van der Waals surface area (Å²) in [5, 5.41) is 13.4. The molecule has 0 radical (unpaired) electrons. The Balaban J connectivity index is 2.08. The lowest BCUT2D eigenvalue weighted by Crippen LogP contribution is -2.14. The molecule has 5 nitrogen and oxygen atoms in total. The average Bonchev–Trinajstić information content (AvgIpc) is 2.56. The normalized spacial score (nSPS) is 10.4. The van der Waals surface area contributed by atoms with E-state index < -0.39 is 0 Å². The monoisotopic (exact) mass is 395 g/mol. The van der Waals surface area contributed by atoms with Crippen molar-refractivity contribution in [1.29, 1.82) is 5.26 Å². The maximum Gasteiger partial charge on any atom is 0.234 e. The molecule has 8 heteroatoms. The Morgan fingerprint density at radius 1 is 1.36 bits per heavy atom. The van der Waals surface area contributed by atoms with Crippen LogP contribution < -0.4 is 5.32 Å². The van der Waals surface area contributed by atoms with E-state index in [0.717, 1.165) is 11.3 Å². The second kappa shape index (κ2) is 9.07. The van der Waals surface area contributed by atoms with Gasteiger partial charge in [-0.05, 0) is 36.8 Å². The summed E-state index contributed by atoms with van der Waals surface area (Å²) < 4.78 is 5.12. The number of aryl methyl sites for hydroxylation is 1. The Kier molecular flexibility index (Phi) is 7.09. The highest BCUT2D eigenvalue weighted by atomic mass is 35.5. The molecule has 0 aliphatic rings. The summed E-state index contributed by atoms with van der Waals surface area (Å²) in [4.78, 5) is 16.5. The van der Waals surface area contributed by atoms with Crippen LogP contribution in [0.3, 0.4) is 0 Å². The zero-order valence-electron chi connectivity index (χ0n) is 13.6. The molecule has 0 aliphatic heterocycles. The van der Waals surface area contributed by atoms with Gasteiger partial charge in [-0.3, -0.25) is 4.79 Å². The molecule has 0 bridgehead atoms. The summed E-state index contributed by atoms with van der Waals surface area (Å²) in [6.07, 6.45) is 0. The Morgan fingerprint density at radius 2 is 2.12 bits per heavy atom. The molecule has 1 aromatic carbocycles. The fourth-order valence-corrected chi connectivity index (χ4v) is 3.28. The van der Waals surface area contributed by atoms with Crippen LogP contribution in [0.15, 0.2) is 29.3 Å². The number of anilines is 1. The lowest BCUT2D eigenvalue weighted by Gasteiger charge is -2.10. The molecule has 130 valence electrons. The number of nitrogens with one attached hydrogen (secondary N) is 1. The number of pyridine rings is 1. The summed E-state index contributed by atoms with van der Waals surface area (Å²) in [6.45, 7) is 2.15. The van der Waals surface area contributed by atoms with Gasteiger partial charge in [0.05, 0.1) is 28.0 Å². The van der Waals surface area contributed by atoms with Crippen molar-refractivity contribution in [3.8, 4) is 6.07 Å². The zero-order chi connectivity index (χ0) is 18.4. The molecule has 25 heavy (non-hydrogen) atoms. The van der Waals surface area contributed by atoms with Crippen LogP contribution in [-0.4, -0.2) is 23.8 Å². The highest BCUT2D eigenvalue weighted by Crippen LogP contribution is 2.27. The smallest absolute Gasteiger partial charge is 0.234 e. The minimum absolute atomic E-state index is 0.109. The molecule has 0 saturated carbocycles. The van der Waals surface area contributed by atoms with Gasteiger partial charge >= 0.3 is 0 Å². The second-order valence-corrected chi connectivity index (χ2v) is 6.89. The molecule has 0 unspecified atom stereocenters. The first-order chi connectivity index (χ1) is 11.9. The van der Waals surface area contributed by atoms with Gasteiger partial charge in [-0.1, -0.05) is 35.0 Å². The molecule has 0 atom stereocenters. The van der Waals surface area contributed by atoms with E-state index in [0.29, 0.717) is 32.9 Å². The number of ether oxygens (including phenoxy) is 1. The Labute approximate surface area is 160 Å². The molecular formula is C17H15Cl2N3O2S. The summed E-state index contributed by atoms with van der Waals surface area (Å²) in [6, 6.07) is 8.80. The molecule has 1 N–H and O–H groups in total. The van der Waals surface area contributed by atoms with E-state index in [2.05, 4.69) is 16.4 Å². The quantitative estimate of drug-likeness (QED) is 0.731. The van der Waals surface area contributed by atoms with Gasteiger partial charge in [0.1, 0.15) is 11.1 Å². The minimum atomic E-state index is -0.233. The van der Waals surface area contributed by atoms with Gasteiger partial charge in [-0.15, -0.1) is 0 Å². The maximum absolute atomic E-state index is 12.1. The molecule has 0 saturated heterocycles. The molecular weight excluding hydrogens is 381 g/mol. The molecule has 2 aromatic rings.